The molecular weight excluding hydrogens is 320 g/mol. The molecule has 0 spiro atoms. The normalized spacial score (nSPS) is 16.6. The first-order valence-corrected chi connectivity index (χ1v) is 8.17. The number of fused-ring (bicyclic) bond motifs is 1. The Bertz CT molecular complexity index is 715. The summed E-state index contributed by atoms with van der Waals surface area (Å²) < 4.78 is 41.5. The summed E-state index contributed by atoms with van der Waals surface area (Å²) in [4.78, 5) is 0. The van der Waals surface area contributed by atoms with Gasteiger partial charge in [0.25, 0.3) is 6.43 Å². The number of halogens is 3. The molecule has 8 heteroatoms. The van der Waals surface area contributed by atoms with Gasteiger partial charge >= 0.3 is 0 Å². The number of hydrogen-bond acceptors (Lipinski definition) is 2. The van der Waals surface area contributed by atoms with Crippen LogP contribution in [0, 0.1) is 6.92 Å². The average molecular weight is 334 g/mol. The zero-order chi connectivity index (χ0) is 15.1. The van der Waals surface area contributed by atoms with E-state index >= 15 is 0 Å². The number of rotatable bonds is 5. The van der Waals surface area contributed by atoms with Gasteiger partial charge in [-0.2, -0.15) is 5.10 Å². The van der Waals surface area contributed by atoms with E-state index in [9.17, 15) is 13.0 Å². The molecule has 1 atom stereocenters. The molecule has 114 valence electrons. The minimum absolute atomic E-state index is 0.115. The number of nitrogens with one attached hydrogen (secondary N) is 1. The highest BCUT2D eigenvalue weighted by atomic mass is 35.5. The second-order valence-electron chi connectivity index (χ2n) is 5.11. The molecule has 0 saturated heterocycles. The second-order valence-corrected chi connectivity index (χ2v) is 6.98. The number of hydrogen-bond donors (Lipinski definition) is 1. The largest absolute Gasteiger partial charge is 0.287 e. The van der Waals surface area contributed by atoms with Crippen LogP contribution in [0.1, 0.15) is 18.4 Å². The summed E-state index contributed by atoms with van der Waals surface area (Å²) in [5.74, 6) is 0.310. The Morgan fingerprint density at radius 2 is 2.24 bits per heavy atom. The molecule has 1 aliphatic rings. The molecule has 0 aliphatic heterocycles. The summed E-state index contributed by atoms with van der Waals surface area (Å²) >= 11 is 6.18. The van der Waals surface area contributed by atoms with Gasteiger partial charge in [0, 0.05) is 0 Å². The van der Waals surface area contributed by atoms with E-state index in [-0.39, 0.29) is 5.25 Å². The fraction of sp³-hybridized carbons (Fsp3) is 0.462. The quantitative estimate of drug-likeness (QED) is 0.910. The van der Waals surface area contributed by atoms with E-state index in [1.54, 1.807) is 12.1 Å². The van der Waals surface area contributed by atoms with E-state index in [0.29, 0.717) is 21.7 Å². The zero-order valence-electron chi connectivity index (χ0n) is 11.3. The summed E-state index contributed by atoms with van der Waals surface area (Å²) in [7, 11) is -1.25. The van der Waals surface area contributed by atoms with Crippen molar-refractivity contribution in [2.75, 3.05) is 4.72 Å². The third-order valence-electron chi connectivity index (χ3n) is 3.38. The van der Waals surface area contributed by atoms with Crippen molar-refractivity contribution in [1.29, 1.82) is 0 Å². The maximum atomic E-state index is 12.7. The molecule has 4 nitrogen and oxygen atoms in total. The Morgan fingerprint density at radius 1 is 1.52 bits per heavy atom. The van der Waals surface area contributed by atoms with Crippen molar-refractivity contribution in [2.24, 2.45) is 0 Å². The Hall–Kier alpha value is -1.21. The van der Waals surface area contributed by atoms with Crippen molar-refractivity contribution in [2.45, 2.75) is 38.0 Å². The molecule has 1 fully saturated rings. The SMILES string of the molecule is Cc1ccc(Cl)c2c(NS(=O)C3CC3)nn(CC(F)F)c12. The van der Waals surface area contributed by atoms with Crippen LogP contribution < -0.4 is 4.72 Å². The molecular formula is C13H14ClF2N3OS. The highest BCUT2D eigenvalue weighted by Gasteiger charge is 2.30. The van der Waals surface area contributed by atoms with Gasteiger partial charge in [-0.1, -0.05) is 17.7 Å². The smallest absolute Gasteiger partial charge is 0.257 e. The third kappa shape index (κ3) is 2.89. The monoisotopic (exact) mass is 333 g/mol. The first-order chi connectivity index (χ1) is 9.97. The lowest BCUT2D eigenvalue weighted by Gasteiger charge is -2.05. The Kier molecular flexibility index (Phi) is 3.88. The van der Waals surface area contributed by atoms with Crippen LogP contribution in [-0.2, 0) is 17.5 Å². The summed E-state index contributed by atoms with van der Waals surface area (Å²) in [5, 5.41) is 5.22. The van der Waals surface area contributed by atoms with Crippen molar-refractivity contribution >= 4 is 39.3 Å². The van der Waals surface area contributed by atoms with Crippen LogP contribution in [0.5, 0.6) is 0 Å². The van der Waals surface area contributed by atoms with Gasteiger partial charge in [0.2, 0.25) is 0 Å². The number of nitrogens with zero attached hydrogens (tertiary/aromatic N) is 2. The van der Waals surface area contributed by atoms with Crippen molar-refractivity contribution in [3.63, 3.8) is 0 Å². The Labute approximate surface area is 128 Å². The maximum absolute atomic E-state index is 12.7. The van der Waals surface area contributed by atoms with Crippen molar-refractivity contribution < 1.29 is 13.0 Å². The van der Waals surface area contributed by atoms with Crippen LogP contribution in [-0.4, -0.2) is 25.7 Å². The van der Waals surface area contributed by atoms with Crippen molar-refractivity contribution in [3.8, 4) is 0 Å². The van der Waals surface area contributed by atoms with Crippen LogP contribution in [0.2, 0.25) is 5.02 Å². The molecule has 0 bridgehead atoms. The van der Waals surface area contributed by atoms with Crippen LogP contribution in [0.15, 0.2) is 12.1 Å². The van der Waals surface area contributed by atoms with Crippen LogP contribution in [0.3, 0.4) is 0 Å². The van der Waals surface area contributed by atoms with Gasteiger partial charge < -0.3 is 0 Å². The number of benzene rings is 1. The Balaban J connectivity index is 2.10. The predicted octanol–water partition coefficient (Wildman–Crippen LogP) is 3.50. The van der Waals surface area contributed by atoms with Crippen LogP contribution in [0.4, 0.5) is 14.6 Å². The number of anilines is 1. The molecule has 3 rings (SSSR count). The first kappa shape index (κ1) is 14.7. The van der Waals surface area contributed by atoms with Crippen molar-refractivity contribution in [3.05, 3.63) is 22.7 Å². The van der Waals surface area contributed by atoms with Crippen LogP contribution in [0.25, 0.3) is 10.9 Å². The summed E-state index contributed by atoms with van der Waals surface area (Å²) in [6.45, 7) is 1.29. The summed E-state index contributed by atoms with van der Waals surface area (Å²) in [6.07, 6.45) is -0.711. The molecule has 1 unspecified atom stereocenters. The van der Waals surface area contributed by atoms with E-state index in [1.807, 2.05) is 6.92 Å². The van der Waals surface area contributed by atoms with Gasteiger partial charge in [0.1, 0.15) is 17.5 Å². The van der Waals surface area contributed by atoms with E-state index in [2.05, 4.69) is 9.82 Å². The molecule has 0 radical (unpaired) electrons. The highest BCUT2D eigenvalue weighted by Crippen LogP contribution is 2.34. The van der Waals surface area contributed by atoms with Gasteiger partial charge in [0.15, 0.2) is 5.82 Å². The van der Waals surface area contributed by atoms with E-state index in [1.165, 1.54) is 4.68 Å². The summed E-state index contributed by atoms with van der Waals surface area (Å²) in [6, 6.07) is 3.45. The molecule has 1 aliphatic carbocycles. The molecule has 1 heterocycles. The molecule has 0 amide bonds. The second kappa shape index (κ2) is 5.53. The van der Waals surface area contributed by atoms with Crippen molar-refractivity contribution in [1.82, 2.24) is 9.78 Å². The number of alkyl halides is 2. The topological polar surface area (TPSA) is 46.9 Å². The molecule has 1 aromatic carbocycles. The van der Waals surface area contributed by atoms with E-state index in [0.717, 1.165) is 18.4 Å². The predicted molar refractivity (Wildman–Crippen MR) is 80.3 cm³/mol. The van der Waals surface area contributed by atoms with Crippen LogP contribution >= 0.6 is 11.6 Å². The average Bonchev–Trinajstić information content (AvgIpc) is 3.19. The van der Waals surface area contributed by atoms with E-state index in [4.69, 9.17) is 11.6 Å². The van der Waals surface area contributed by atoms with Gasteiger partial charge in [-0.15, -0.1) is 0 Å². The molecule has 2 aromatic rings. The lowest BCUT2D eigenvalue weighted by molar-refractivity contribution is 0.123. The zero-order valence-corrected chi connectivity index (χ0v) is 12.8. The molecule has 1 N–H and O–H groups in total. The first-order valence-electron chi connectivity index (χ1n) is 6.58. The molecule has 1 saturated carbocycles. The Morgan fingerprint density at radius 3 is 2.86 bits per heavy atom. The third-order valence-corrected chi connectivity index (χ3v) is 5.17. The van der Waals surface area contributed by atoms with E-state index < -0.39 is 24.0 Å². The summed E-state index contributed by atoms with van der Waals surface area (Å²) in [5.41, 5.74) is 1.35. The van der Waals surface area contributed by atoms with Gasteiger partial charge in [0.05, 0.1) is 21.2 Å². The molecule has 21 heavy (non-hydrogen) atoms. The minimum atomic E-state index is -2.52. The standard InChI is InChI=1S/C13H14ClF2N3OS/c1-7-2-5-9(14)11-12(7)19(6-10(15)16)17-13(11)18-21(20)8-3-4-8/h2,5,8,10H,3-4,6H2,1H3,(H,17,18). The fourth-order valence-electron chi connectivity index (χ4n) is 2.24. The molecule has 1 aromatic heterocycles. The lowest BCUT2D eigenvalue weighted by atomic mass is 10.1. The van der Waals surface area contributed by atoms with Gasteiger partial charge in [-0.05, 0) is 31.4 Å². The minimum Gasteiger partial charge on any atom is -0.287 e. The fourth-order valence-corrected chi connectivity index (χ4v) is 3.55. The highest BCUT2D eigenvalue weighted by molar-refractivity contribution is 7.87. The maximum Gasteiger partial charge on any atom is 0.257 e. The lowest BCUT2D eigenvalue weighted by Crippen LogP contribution is -2.11. The van der Waals surface area contributed by atoms with Gasteiger partial charge in [-0.3, -0.25) is 9.40 Å². The number of aryl methyl sites for hydroxylation is 1. The number of aromatic nitrogens is 2. The van der Waals surface area contributed by atoms with Gasteiger partial charge in [-0.25, -0.2) is 13.0 Å².